The molecule has 0 aliphatic carbocycles. The van der Waals surface area contributed by atoms with E-state index in [-0.39, 0.29) is 0 Å². The molecule has 0 heterocycles. The van der Waals surface area contributed by atoms with Gasteiger partial charge in [-0.3, -0.25) is 4.21 Å². The van der Waals surface area contributed by atoms with Crippen LogP contribution in [0.5, 0.6) is 0 Å². The monoisotopic (exact) mass is 164 g/mol. The van der Waals surface area contributed by atoms with Crippen LogP contribution in [0.15, 0.2) is 0 Å². The van der Waals surface area contributed by atoms with Gasteiger partial charge in [0.2, 0.25) is 0 Å². The molecule has 0 radical (unpaired) electrons. The smallest absolute Gasteiger partial charge is 0.123 e. The van der Waals surface area contributed by atoms with Gasteiger partial charge < -0.3 is 5.11 Å². The highest BCUT2D eigenvalue weighted by atomic mass is 36.0. The van der Waals surface area contributed by atoms with Gasteiger partial charge in [0, 0.05) is 6.26 Å². The van der Waals surface area contributed by atoms with Gasteiger partial charge in [0.1, 0.15) is 5.94 Å². The summed E-state index contributed by atoms with van der Waals surface area (Å²) < 4.78 is 10.4. The van der Waals surface area contributed by atoms with Crippen LogP contribution < -0.4 is 0 Å². The van der Waals surface area contributed by atoms with E-state index in [0.29, 0.717) is 0 Å². The number of halogens is 2. The first-order chi connectivity index (χ1) is 2.81. The SMILES string of the molecule is CS(=O)(Cl)(Cl)CO. The molecule has 0 saturated carbocycles. The first-order valence-electron chi connectivity index (χ1n) is 1.49. The maximum atomic E-state index is 10.4. The number of aliphatic hydroxyl groups is 1. The molecule has 0 aromatic heterocycles. The number of hydrogen-bond donors (Lipinski definition) is 1. The number of hydrogen-bond acceptors (Lipinski definition) is 2. The lowest BCUT2D eigenvalue weighted by Crippen LogP contribution is -2.17. The molecule has 0 aromatic rings. The van der Waals surface area contributed by atoms with Crippen molar-refractivity contribution in [2.45, 2.75) is 0 Å². The van der Waals surface area contributed by atoms with Crippen LogP contribution in [0.1, 0.15) is 0 Å². The summed E-state index contributed by atoms with van der Waals surface area (Å²) in [7, 11) is 6.47. The summed E-state index contributed by atoms with van der Waals surface area (Å²) >= 11 is 0. The fraction of sp³-hybridized carbons (Fsp3) is 1.00. The molecular formula is C2H6Cl2O2S. The quantitative estimate of drug-likeness (QED) is 0.580. The predicted octanol–water partition coefficient (Wildman–Crippen LogP) is 0.694. The third kappa shape index (κ3) is 6.69. The van der Waals surface area contributed by atoms with Crippen molar-refractivity contribution in [1.29, 1.82) is 0 Å². The Bertz CT molecular complexity index is 115. The molecule has 0 aliphatic heterocycles. The van der Waals surface area contributed by atoms with E-state index in [1.807, 2.05) is 0 Å². The minimum atomic E-state index is -3.62. The minimum Gasteiger partial charge on any atom is -0.383 e. The van der Waals surface area contributed by atoms with E-state index >= 15 is 0 Å². The minimum absolute atomic E-state index is 0.680. The first-order valence-corrected chi connectivity index (χ1v) is 5.68. The largest absolute Gasteiger partial charge is 0.383 e. The standard InChI is InChI=1S/C2H6Cl2O2S/c1-7(3,4,6)2-5/h5H,2H2,1H3. The topological polar surface area (TPSA) is 37.3 Å². The van der Waals surface area contributed by atoms with Crippen molar-refractivity contribution in [3.63, 3.8) is 0 Å². The summed E-state index contributed by atoms with van der Waals surface area (Å²) in [6.07, 6.45) is 1.10. The van der Waals surface area contributed by atoms with E-state index in [1.54, 1.807) is 0 Å². The second-order valence-corrected chi connectivity index (χ2v) is 9.56. The second-order valence-electron chi connectivity index (χ2n) is 1.41. The van der Waals surface area contributed by atoms with Crippen molar-refractivity contribution in [1.82, 2.24) is 0 Å². The fourth-order valence-electron chi connectivity index (χ4n) is 0. The second kappa shape index (κ2) is 1.58. The van der Waals surface area contributed by atoms with Crippen LogP contribution in [0.4, 0.5) is 0 Å². The molecule has 0 bridgehead atoms. The van der Waals surface area contributed by atoms with Crippen LogP contribution in [0, 0.1) is 0 Å². The van der Waals surface area contributed by atoms with Crippen molar-refractivity contribution in [3.8, 4) is 0 Å². The molecule has 0 spiro atoms. The molecule has 0 atom stereocenters. The van der Waals surface area contributed by atoms with Gasteiger partial charge in [-0.15, -0.1) is 0 Å². The van der Waals surface area contributed by atoms with Gasteiger partial charge in [-0.25, -0.2) is 0 Å². The van der Waals surface area contributed by atoms with E-state index in [4.69, 9.17) is 26.5 Å². The van der Waals surface area contributed by atoms with E-state index in [9.17, 15) is 4.21 Å². The molecule has 0 fully saturated rings. The van der Waals surface area contributed by atoms with Gasteiger partial charge in [0.05, 0.1) is 7.49 Å². The van der Waals surface area contributed by atoms with E-state index in [2.05, 4.69) is 0 Å². The normalized spacial score (nSPS) is 18.0. The van der Waals surface area contributed by atoms with Crippen LogP contribution in [0.25, 0.3) is 0 Å². The van der Waals surface area contributed by atoms with Gasteiger partial charge in [-0.1, -0.05) is 0 Å². The number of rotatable bonds is 1. The molecule has 1 N–H and O–H groups in total. The summed E-state index contributed by atoms with van der Waals surface area (Å²) in [5, 5.41) is 8.13. The first kappa shape index (κ1) is 7.69. The van der Waals surface area contributed by atoms with Crippen LogP contribution in [-0.2, 0) is 7.49 Å². The maximum absolute atomic E-state index is 10.4. The zero-order valence-corrected chi connectivity index (χ0v) is 6.06. The Labute approximate surface area is 50.8 Å². The van der Waals surface area contributed by atoms with E-state index in [0.717, 1.165) is 6.26 Å². The van der Waals surface area contributed by atoms with Crippen LogP contribution in [0.2, 0.25) is 0 Å². The van der Waals surface area contributed by atoms with Gasteiger partial charge in [-0.05, 0) is 21.4 Å². The summed E-state index contributed by atoms with van der Waals surface area (Å²) in [5.41, 5.74) is 0. The maximum Gasteiger partial charge on any atom is 0.123 e. The van der Waals surface area contributed by atoms with Crippen molar-refractivity contribution in [3.05, 3.63) is 0 Å². The molecule has 2 nitrogen and oxygen atoms in total. The summed E-state index contributed by atoms with van der Waals surface area (Å²) in [6, 6.07) is 0. The van der Waals surface area contributed by atoms with Gasteiger partial charge in [0.25, 0.3) is 0 Å². The predicted molar refractivity (Wildman–Crippen MR) is 32.9 cm³/mol. The van der Waals surface area contributed by atoms with Gasteiger partial charge in [0.15, 0.2) is 0 Å². The molecule has 46 valence electrons. The molecule has 0 rings (SSSR count). The van der Waals surface area contributed by atoms with Gasteiger partial charge in [-0.2, -0.15) is 0 Å². The summed E-state index contributed by atoms with van der Waals surface area (Å²) in [6.45, 7) is 0. The molecule has 7 heavy (non-hydrogen) atoms. The van der Waals surface area contributed by atoms with Crippen molar-refractivity contribution in [2.24, 2.45) is 0 Å². The molecule has 5 heteroatoms. The van der Waals surface area contributed by atoms with Gasteiger partial charge >= 0.3 is 0 Å². The van der Waals surface area contributed by atoms with Crippen molar-refractivity contribution >= 4 is 28.9 Å². The summed E-state index contributed by atoms with van der Waals surface area (Å²) in [4.78, 5) is 0. The lowest BCUT2D eigenvalue weighted by Gasteiger charge is -2.17. The Hall–Kier alpha value is 0.690. The molecular weight excluding hydrogens is 159 g/mol. The lowest BCUT2D eigenvalue weighted by molar-refractivity contribution is 0.366. The van der Waals surface area contributed by atoms with Crippen LogP contribution in [0.3, 0.4) is 0 Å². The Morgan fingerprint density at radius 1 is 1.71 bits per heavy atom. The van der Waals surface area contributed by atoms with Crippen LogP contribution >= 0.6 is 21.4 Å². The zero-order chi connectivity index (χ0) is 6.15. The average Bonchev–Trinajstić information content (AvgIpc) is 1.32. The molecule has 0 saturated heterocycles. The number of aliphatic hydroxyl groups excluding tert-OH is 1. The van der Waals surface area contributed by atoms with E-state index < -0.39 is 13.4 Å². The summed E-state index contributed by atoms with van der Waals surface area (Å²) in [5.74, 6) is -0.680. The molecule has 0 aromatic carbocycles. The molecule has 0 aliphatic rings. The third-order valence-electron chi connectivity index (χ3n) is 0.279. The third-order valence-corrected chi connectivity index (χ3v) is 1.42. The highest BCUT2D eigenvalue weighted by Crippen LogP contribution is 2.30. The Balaban J connectivity index is 4.14. The van der Waals surface area contributed by atoms with Crippen molar-refractivity contribution < 1.29 is 9.32 Å². The molecule has 0 unspecified atom stereocenters. The zero-order valence-electron chi connectivity index (χ0n) is 3.73. The highest BCUT2D eigenvalue weighted by molar-refractivity contribution is 8.53. The molecule has 0 amide bonds. The Kier molecular flexibility index (Phi) is 1.74. The fourth-order valence-corrected chi connectivity index (χ4v) is 0. The van der Waals surface area contributed by atoms with Crippen LogP contribution in [-0.4, -0.2) is 21.5 Å². The van der Waals surface area contributed by atoms with E-state index in [1.165, 1.54) is 0 Å². The highest BCUT2D eigenvalue weighted by Gasteiger charge is 2.21. The Morgan fingerprint density at radius 3 is 1.86 bits per heavy atom. The van der Waals surface area contributed by atoms with Crippen molar-refractivity contribution in [2.75, 3.05) is 12.2 Å². The lowest BCUT2D eigenvalue weighted by atomic mass is 11.7. The Morgan fingerprint density at radius 2 is 1.86 bits per heavy atom. The average molecular weight is 165 g/mol.